The zero-order chi connectivity index (χ0) is 20.7. The van der Waals surface area contributed by atoms with Crippen LogP contribution in [0.4, 0.5) is 11.4 Å². The largest absolute Gasteiger partial charge is 0.376 e. The number of anilines is 2. The zero-order valence-corrected chi connectivity index (χ0v) is 16.6. The number of carbonyl (C=O) groups excluding carboxylic acids is 3. The molecule has 3 amide bonds. The van der Waals surface area contributed by atoms with Gasteiger partial charge < -0.3 is 21.3 Å². The van der Waals surface area contributed by atoms with Crippen molar-refractivity contribution in [2.45, 2.75) is 26.3 Å². The molecule has 0 radical (unpaired) electrons. The molecule has 0 saturated heterocycles. The Kier molecular flexibility index (Phi) is 6.76. The van der Waals surface area contributed by atoms with Crippen molar-refractivity contribution in [2.24, 2.45) is 0 Å². The Morgan fingerprint density at radius 2 is 1.54 bits per heavy atom. The molecule has 0 heterocycles. The Labute approximate surface area is 164 Å². The number of benzene rings is 2. The van der Waals surface area contributed by atoms with Gasteiger partial charge in [-0.2, -0.15) is 0 Å². The third-order valence-electron chi connectivity index (χ3n) is 3.76. The number of rotatable bonds is 6. The summed E-state index contributed by atoms with van der Waals surface area (Å²) in [6, 6.07) is 13.6. The van der Waals surface area contributed by atoms with Gasteiger partial charge >= 0.3 is 0 Å². The van der Waals surface area contributed by atoms with Crippen LogP contribution in [0.15, 0.2) is 48.5 Å². The van der Waals surface area contributed by atoms with E-state index in [1.54, 1.807) is 55.6 Å². The Hall–Kier alpha value is -3.35. The number of para-hydroxylation sites is 1. The normalized spacial score (nSPS) is 10.7. The number of hydrogen-bond acceptors (Lipinski definition) is 4. The first-order chi connectivity index (χ1) is 13.2. The molecule has 0 spiro atoms. The third kappa shape index (κ3) is 6.12. The lowest BCUT2D eigenvalue weighted by Gasteiger charge is -2.21. The highest BCUT2D eigenvalue weighted by Gasteiger charge is 2.18. The predicted molar refractivity (Wildman–Crippen MR) is 111 cm³/mol. The van der Waals surface area contributed by atoms with Crippen LogP contribution in [0.1, 0.15) is 41.5 Å². The molecule has 0 aliphatic heterocycles. The van der Waals surface area contributed by atoms with Crippen molar-refractivity contribution in [2.75, 3.05) is 24.2 Å². The molecule has 0 aliphatic carbocycles. The summed E-state index contributed by atoms with van der Waals surface area (Å²) in [6.07, 6.45) is 0. The van der Waals surface area contributed by atoms with Crippen molar-refractivity contribution in [3.63, 3.8) is 0 Å². The highest BCUT2D eigenvalue weighted by molar-refractivity contribution is 6.01. The first kappa shape index (κ1) is 21.0. The third-order valence-corrected chi connectivity index (χ3v) is 3.76. The van der Waals surface area contributed by atoms with Gasteiger partial charge in [-0.15, -0.1) is 0 Å². The van der Waals surface area contributed by atoms with Crippen molar-refractivity contribution in [1.29, 1.82) is 0 Å². The summed E-state index contributed by atoms with van der Waals surface area (Å²) in [6.45, 7) is 5.72. The molecule has 7 heteroatoms. The maximum atomic E-state index is 12.4. The summed E-state index contributed by atoms with van der Waals surface area (Å²) in [5, 5.41) is 11.2. The van der Waals surface area contributed by atoms with Gasteiger partial charge in [-0.3, -0.25) is 14.4 Å². The molecule has 2 aromatic rings. The fraction of sp³-hybridized carbons (Fsp3) is 0.286. The van der Waals surface area contributed by atoms with Gasteiger partial charge in [0.05, 0.1) is 12.1 Å². The highest BCUT2D eigenvalue weighted by atomic mass is 16.2. The molecule has 148 valence electrons. The lowest BCUT2D eigenvalue weighted by molar-refractivity contribution is -0.114. The van der Waals surface area contributed by atoms with Gasteiger partial charge in [0, 0.05) is 29.5 Å². The van der Waals surface area contributed by atoms with Crippen LogP contribution < -0.4 is 21.3 Å². The van der Waals surface area contributed by atoms with Gasteiger partial charge in [0.25, 0.3) is 11.8 Å². The summed E-state index contributed by atoms with van der Waals surface area (Å²) in [7, 11) is 1.56. The van der Waals surface area contributed by atoms with E-state index >= 15 is 0 Å². The lowest BCUT2D eigenvalue weighted by Crippen LogP contribution is -2.40. The van der Waals surface area contributed by atoms with E-state index < -0.39 is 0 Å². The molecular weight excluding hydrogens is 356 g/mol. The molecule has 0 unspecified atom stereocenters. The quantitative estimate of drug-likeness (QED) is 0.617. The van der Waals surface area contributed by atoms with Crippen molar-refractivity contribution in [3.8, 4) is 0 Å². The molecule has 0 saturated carbocycles. The fourth-order valence-corrected chi connectivity index (χ4v) is 2.47. The van der Waals surface area contributed by atoms with Gasteiger partial charge in [0.15, 0.2) is 0 Å². The molecule has 0 bridgehead atoms. The maximum Gasteiger partial charge on any atom is 0.253 e. The number of amides is 3. The second-order valence-corrected chi connectivity index (χ2v) is 7.31. The zero-order valence-electron chi connectivity index (χ0n) is 16.6. The van der Waals surface area contributed by atoms with E-state index in [1.807, 2.05) is 20.8 Å². The number of nitrogens with one attached hydrogen (secondary N) is 4. The van der Waals surface area contributed by atoms with E-state index in [1.165, 1.54) is 0 Å². The molecule has 7 nitrogen and oxygen atoms in total. The molecule has 2 aromatic carbocycles. The molecule has 0 aliphatic rings. The van der Waals surface area contributed by atoms with E-state index in [-0.39, 0.29) is 29.8 Å². The molecule has 0 atom stereocenters. The van der Waals surface area contributed by atoms with E-state index in [2.05, 4.69) is 21.3 Å². The van der Waals surface area contributed by atoms with Crippen molar-refractivity contribution < 1.29 is 14.4 Å². The average Bonchev–Trinajstić information content (AvgIpc) is 2.65. The van der Waals surface area contributed by atoms with Gasteiger partial charge in [-0.05, 0) is 57.2 Å². The van der Waals surface area contributed by atoms with Crippen LogP contribution in [-0.4, -0.2) is 36.9 Å². The second kappa shape index (κ2) is 9.03. The molecule has 28 heavy (non-hydrogen) atoms. The van der Waals surface area contributed by atoms with Crippen molar-refractivity contribution in [1.82, 2.24) is 10.6 Å². The molecule has 4 N–H and O–H groups in total. The molecule has 0 fully saturated rings. The minimum absolute atomic E-state index is 0.00297. The van der Waals surface area contributed by atoms with Crippen LogP contribution in [0.2, 0.25) is 0 Å². The number of carbonyl (C=O) groups is 3. The number of hydrogen-bond donors (Lipinski definition) is 4. The van der Waals surface area contributed by atoms with Crippen LogP contribution >= 0.6 is 0 Å². The summed E-state index contributed by atoms with van der Waals surface area (Å²) in [5.74, 6) is -0.663. The van der Waals surface area contributed by atoms with Crippen LogP contribution in [0.5, 0.6) is 0 Å². The van der Waals surface area contributed by atoms with Crippen LogP contribution in [0, 0.1) is 0 Å². The van der Waals surface area contributed by atoms with Gasteiger partial charge in [-0.1, -0.05) is 12.1 Å². The maximum absolute atomic E-state index is 12.4. The van der Waals surface area contributed by atoms with Crippen LogP contribution in [0.3, 0.4) is 0 Å². The Morgan fingerprint density at radius 1 is 0.893 bits per heavy atom. The molecular formula is C21H26N4O3. The topological polar surface area (TPSA) is 99.3 Å². The Morgan fingerprint density at radius 3 is 2.14 bits per heavy atom. The van der Waals surface area contributed by atoms with E-state index in [0.29, 0.717) is 22.5 Å². The minimum atomic E-state index is -0.359. The van der Waals surface area contributed by atoms with E-state index in [4.69, 9.17) is 0 Å². The standard InChI is InChI=1S/C21H26N4O3/c1-21(2,3)25-20(28)16-7-5-6-8-17(16)23-13-18(26)24-15-11-9-14(10-12-15)19(27)22-4/h5-12,23H,13H2,1-4H3,(H,22,27)(H,24,26)(H,25,28). The second-order valence-electron chi connectivity index (χ2n) is 7.31. The van der Waals surface area contributed by atoms with Crippen LogP contribution in [-0.2, 0) is 4.79 Å². The average molecular weight is 382 g/mol. The summed E-state index contributed by atoms with van der Waals surface area (Å²) >= 11 is 0. The SMILES string of the molecule is CNC(=O)c1ccc(NC(=O)CNc2ccccc2C(=O)NC(C)(C)C)cc1. The Bertz CT molecular complexity index is 855. The van der Waals surface area contributed by atoms with Gasteiger partial charge in [0.1, 0.15) is 0 Å². The first-order valence-corrected chi connectivity index (χ1v) is 8.97. The molecule has 2 rings (SSSR count). The fourth-order valence-electron chi connectivity index (χ4n) is 2.47. The summed E-state index contributed by atoms with van der Waals surface area (Å²) < 4.78 is 0. The van der Waals surface area contributed by atoms with E-state index in [9.17, 15) is 14.4 Å². The Balaban J connectivity index is 1.98. The van der Waals surface area contributed by atoms with Gasteiger partial charge in [0.2, 0.25) is 5.91 Å². The molecule has 0 aromatic heterocycles. The minimum Gasteiger partial charge on any atom is -0.376 e. The lowest BCUT2D eigenvalue weighted by atomic mass is 10.1. The summed E-state index contributed by atoms with van der Waals surface area (Å²) in [5.41, 5.74) is 1.78. The van der Waals surface area contributed by atoms with Gasteiger partial charge in [-0.25, -0.2) is 0 Å². The monoisotopic (exact) mass is 382 g/mol. The van der Waals surface area contributed by atoms with Crippen molar-refractivity contribution in [3.05, 3.63) is 59.7 Å². The van der Waals surface area contributed by atoms with Crippen LogP contribution in [0.25, 0.3) is 0 Å². The predicted octanol–water partition coefficient (Wildman–Crippen LogP) is 2.63. The smallest absolute Gasteiger partial charge is 0.253 e. The van der Waals surface area contributed by atoms with E-state index in [0.717, 1.165) is 0 Å². The summed E-state index contributed by atoms with van der Waals surface area (Å²) in [4.78, 5) is 36.2. The highest BCUT2D eigenvalue weighted by Crippen LogP contribution is 2.16. The first-order valence-electron chi connectivity index (χ1n) is 8.97. The van der Waals surface area contributed by atoms with Crippen molar-refractivity contribution >= 4 is 29.1 Å².